The van der Waals surface area contributed by atoms with E-state index in [1.165, 1.54) is 101 Å². The second kappa shape index (κ2) is 12.6. The van der Waals surface area contributed by atoms with Gasteiger partial charge in [-0.3, -0.25) is 0 Å². The zero-order valence-corrected chi connectivity index (χ0v) is 31.6. The van der Waals surface area contributed by atoms with Crippen LogP contribution in [0.15, 0.2) is 0 Å². The monoisotopic (exact) mass is 624 g/mol. The van der Waals surface area contributed by atoms with Crippen LogP contribution in [0.5, 0.6) is 0 Å². The van der Waals surface area contributed by atoms with E-state index in [9.17, 15) is 0 Å². The van der Waals surface area contributed by atoms with Crippen LogP contribution in [-0.4, -0.2) is 34.2 Å². The van der Waals surface area contributed by atoms with Crippen molar-refractivity contribution in [3.63, 3.8) is 0 Å². The quantitative estimate of drug-likeness (QED) is 0.160. The molecule has 1 aliphatic heterocycles. The smallest absolute Gasteiger partial charge is 0.323 e. The zero-order valence-electron chi connectivity index (χ0n) is 27.6. The molecule has 0 spiro atoms. The predicted octanol–water partition coefficient (Wildman–Crippen LogP) is 10.7. The third-order valence-corrected chi connectivity index (χ3v) is 32.7. The van der Waals surface area contributed by atoms with Crippen LogP contribution in [0.2, 0.25) is 46.3 Å². The second-order valence-electron chi connectivity index (χ2n) is 16.5. The van der Waals surface area contributed by atoms with Crippen LogP contribution in [0, 0.1) is 23.7 Å². The van der Waals surface area contributed by atoms with E-state index in [-0.39, 0.29) is 0 Å². The summed E-state index contributed by atoms with van der Waals surface area (Å²) >= 11 is 0. The summed E-state index contributed by atoms with van der Waals surface area (Å²) in [4.78, 5) is 0. The van der Waals surface area contributed by atoms with Crippen LogP contribution in [0.1, 0.15) is 132 Å². The van der Waals surface area contributed by atoms with E-state index in [2.05, 4.69) is 55.4 Å². The molecule has 8 heteroatoms. The third kappa shape index (κ3) is 7.67. The van der Waals surface area contributed by atoms with E-state index >= 15 is 0 Å². The van der Waals surface area contributed by atoms with Gasteiger partial charge in [-0.25, -0.2) is 0 Å². The maximum Gasteiger partial charge on any atom is 0.323 e. The van der Waals surface area contributed by atoms with Gasteiger partial charge in [-0.05, 0) is 125 Å². The summed E-state index contributed by atoms with van der Waals surface area (Å²) in [5.74, 6) is 2.76. The summed E-state index contributed by atoms with van der Waals surface area (Å²) in [5.41, 5.74) is 2.72. The molecular weight excluding hydrogens is 561 g/mol. The first-order valence-corrected chi connectivity index (χ1v) is 26.1. The maximum absolute atomic E-state index is 8.12. The highest BCUT2D eigenvalue weighted by Crippen LogP contribution is 2.64. The van der Waals surface area contributed by atoms with Crippen molar-refractivity contribution >= 4 is 34.2 Å². The van der Waals surface area contributed by atoms with Crippen molar-refractivity contribution in [2.45, 2.75) is 179 Å². The molecule has 0 unspecified atom stereocenters. The molecule has 0 atom stereocenters. The Morgan fingerprint density at radius 2 is 0.550 bits per heavy atom. The van der Waals surface area contributed by atoms with Crippen molar-refractivity contribution in [1.82, 2.24) is 0 Å². The summed E-state index contributed by atoms with van der Waals surface area (Å²) in [6.45, 7) is 19.2. The molecule has 0 aromatic heterocycles. The molecule has 1 heterocycles. The molecule has 5 fully saturated rings. The van der Waals surface area contributed by atoms with Crippen LogP contribution >= 0.6 is 0 Å². The Kier molecular flexibility index (Phi) is 10.1. The summed E-state index contributed by atoms with van der Waals surface area (Å²) in [6.07, 6.45) is 15.5. The minimum absolute atomic E-state index is 0.679. The molecule has 0 aromatic rings. The molecule has 5 aliphatic rings. The summed E-state index contributed by atoms with van der Waals surface area (Å²) in [7, 11) is -9.92. The van der Waals surface area contributed by atoms with E-state index in [1.807, 2.05) is 0 Å². The van der Waals surface area contributed by atoms with Gasteiger partial charge in [0.05, 0.1) is 0 Å². The van der Waals surface area contributed by atoms with Gasteiger partial charge in [-0.1, -0.05) is 55.4 Å². The zero-order chi connectivity index (χ0) is 28.8. The standard InChI is InChI=1S/C32H64O4Si4/c1-25(2)17-21-37(29-9-10-29)33-38(30-11-12-30,22-18-26(3)4)35-40(32-15-16-32,24-20-28(7)8)36-39(34-37,31-13-14-31)23-19-27(5)6/h25-32H,9-24H2,1-8H3. The molecular formula is C32H64O4Si4. The highest BCUT2D eigenvalue weighted by atomic mass is 28.5. The van der Waals surface area contributed by atoms with E-state index in [4.69, 9.17) is 16.5 Å². The van der Waals surface area contributed by atoms with Gasteiger partial charge in [-0.15, -0.1) is 0 Å². The van der Waals surface area contributed by atoms with Crippen LogP contribution in [0.4, 0.5) is 0 Å². The molecule has 232 valence electrons. The average Bonchev–Trinajstić information content (AvgIpc) is 3.72. The fraction of sp³-hybridized carbons (Fsp3) is 1.00. The Morgan fingerprint density at radius 3 is 0.675 bits per heavy atom. The Morgan fingerprint density at radius 1 is 0.375 bits per heavy atom. The lowest BCUT2D eigenvalue weighted by Gasteiger charge is -2.55. The Bertz CT molecular complexity index is 689. The van der Waals surface area contributed by atoms with Crippen molar-refractivity contribution in [2.75, 3.05) is 0 Å². The number of hydrogen-bond donors (Lipinski definition) is 0. The molecule has 4 saturated carbocycles. The molecule has 1 saturated heterocycles. The Labute approximate surface area is 252 Å². The van der Waals surface area contributed by atoms with Gasteiger partial charge in [0.2, 0.25) is 0 Å². The van der Waals surface area contributed by atoms with Gasteiger partial charge in [0.15, 0.2) is 0 Å². The molecule has 0 bridgehead atoms. The van der Waals surface area contributed by atoms with Gasteiger partial charge in [0.25, 0.3) is 0 Å². The normalized spacial score (nSPS) is 37.5. The van der Waals surface area contributed by atoms with Crippen molar-refractivity contribution in [3.05, 3.63) is 0 Å². The topological polar surface area (TPSA) is 36.9 Å². The molecule has 40 heavy (non-hydrogen) atoms. The number of rotatable bonds is 16. The van der Waals surface area contributed by atoms with E-state index in [1.54, 1.807) is 0 Å². The minimum atomic E-state index is -2.48. The first-order chi connectivity index (χ1) is 18.9. The molecule has 4 aliphatic carbocycles. The predicted molar refractivity (Wildman–Crippen MR) is 176 cm³/mol. The first-order valence-electron chi connectivity index (χ1n) is 17.7. The van der Waals surface area contributed by atoms with Crippen LogP contribution < -0.4 is 0 Å². The lowest BCUT2D eigenvalue weighted by atomic mass is 10.2. The fourth-order valence-corrected chi connectivity index (χ4v) is 37.1. The van der Waals surface area contributed by atoms with Gasteiger partial charge in [-0.2, -0.15) is 0 Å². The summed E-state index contributed by atoms with van der Waals surface area (Å²) < 4.78 is 32.5. The fourth-order valence-electron chi connectivity index (χ4n) is 7.20. The van der Waals surface area contributed by atoms with Gasteiger partial charge >= 0.3 is 34.2 Å². The molecule has 4 nitrogen and oxygen atoms in total. The minimum Gasteiger partial charge on any atom is -0.415 e. The lowest BCUT2D eigenvalue weighted by Crippen LogP contribution is -2.71. The van der Waals surface area contributed by atoms with Crippen molar-refractivity contribution in [3.8, 4) is 0 Å². The van der Waals surface area contributed by atoms with Crippen molar-refractivity contribution < 1.29 is 16.5 Å². The SMILES string of the molecule is CC(C)CC[Si]1(C2CC2)O[Si](CCC(C)C)(C2CC2)O[Si](CCC(C)C)(C2CC2)O[Si](CCC(C)C)(C2CC2)O1. The largest absolute Gasteiger partial charge is 0.415 e. The first kappa shape index (κ1) is 32.1. The lowest BCUT2D eigenvalue weighted by molar-refractivity contribution is 0.197. The second-order valence-corrected chi connectivity index (χ2v) is 31.5. The molecule has 0 radical (unpaired) electrons. The highest BCUT2D eigenvalue weighted by Gasteiger charge is 2.72. The molecule has 0 aromatic carbocycles. The third-order valence-electron chi connectivity index (χ3n) is 10.5. The van der Waals surface area contributed by atoms with E-state index < -0.39 is 34.2 Å². The van der Waals surface area contributed by atoms with Gasteiger partial charge in [0, 0.05) is 22.2 Å². The van der Waals surface area contributed by atoms with E-state index in [0.717, 1.165) is 0 Å². The molecule has 0 N–H and O–H groups in total. The average molecular weight is 625 g/mol. The van der Waals surface area contributed by atoms with E-state index in [0.29, 0.717) is 45.8 Å². The maximum atomic E-state index is 8.12. The summed E-state index contributed by atoms with van der Waals surface area (Å²) in [6, 6.07) is 4.72. The molecule has 5 rings (SSSR count). The highest BCUT2D eigenvalue weighted by molar-refractivity contribution is 6.97. The van der Waals surface area contributed by atoms with Crippen LogP contribution in [-0.2, 0) is 16.5 Å². The van der Waals surface area contributed by atoms with Crippen molar-refractivity contribution in [2.24, 2.45) is 23.7 Å². The van der Waals surface area contributed by atoms with Crippen LogP contribution in [0.25, 0.3) is 0 Å². The van der Waals surface area contributed by atoms with Crippen molar-refractivity contribution in [1.29, 1.82) is 0 Å². The summed E-state index contributed by atoms with van der Waals surface area (Å²) in [5, 5.41) is 0. The number of hydrogen-bond acceptors (Lipinski definition) is 4. The molecule has 0 amide bonds. The Hall–Kier alpha value is 0.708. The van der Waals surface area contributed by atoms with Gasteiger partial charge in [0.1, 0.15) is 0 Å². The van der Waals surface area contributed by atoms with Gasteiger partial charge < -0.3 is 16.5 Å². The Balaban J connectivity index is 1.62. The van der Waals surface area contributed by atoms with Crippen LogP contribution in [0.3, 0.4) is 0 Å².